The minimum absolute atomic E-state index is 0.0403. The van der Waals surface area contributed by atoms with E-state index in [0.717, 1.165) is 4.47 Å². The number of amides is 1. The van der Waals surface area contributed by atoms with Crippen LogP contribution in [0, 0.1) is 0 Å². The van der Waals surface area contributed by atoms with Crippen LogP contribution >= 0.6 is 27.7 Å². The molecule has 2 N–H and O–H groups in total. The zero-order valence-corrected chi connectivity index (χ0v) is 16.0. The first-order valence-electron chi connectivity index (χ1n) is 6.83. The van der Waals surface area contributed by atoms with Crippen LogP contribution in [0.15, 0.2) is 33.6 Å². The monoisotopic (exact) mass is 408 g/mol. The molecular weight excluding hydrogens is 388 g/mol. The summed E-state index contributed by atoms with van der Waals surface area (Å²) in [7, 11) is -3.73. The van der Waals surface area contributed by atoms with Gasteiger partial charge in [0.15, 0.2) is 0 Å². The average Bonchev–Trinajstić information content (AvgIpc) is 2.43. The molecule has 0 fully saturated rings. The molecule has 124 valence electrons. The third-order valence-electron chi connectivity index (χ3n) is 2.78. The summed E-state index contributed by atoms with van der Waals surface area (Å²) in [6.45, 7) is 3.68. The van der Waals surface area contributed by atoms with Gasteiger partial charge in [-0.3, -0.25) is 4.79 Å². The first kappa shape index (κ1) is 19.5. The maximum atomic E-state index is 12.4. The Morgan fingerprint density at radius 3 is 2.36 bits per heavy atom. The standard InChI is InChI=1S/C14H21BrN2O3S2/c1-10(2)16-14(18)13(8-9-21-3)17-22(19,20)12-6-4-11(15)5-7-12/h4-7,10,13,17H,8-9H2,1-3H3,(H,16,18). The van der Waals surface area contributed by atoms with Crippen molar-refractivity contribution >= 4 is 43.6 Å². The van der Waals surface area contributed by atoms with Crippen molar-refractivity contribution in [1.29, 1.82) is 0 Å². The van der Waals surface area contributed by atoms with Crippen LogP contribution in [0.4, 0.5) is 0 Å². The lowest BCUT2D eigenvalue weighted by atomic mass is 10.2. The van der Waals surface area contributed by atoms with E-state index in [1.807, 2.05) is 20.1 Å². The van der Waals surface area contributed by atoms with Crippen molar-refractivity contribution in [2.75, 3.05) is 12.0 Å². The van der Waals surface area contributed by atoms with E-state index in [-0.39, 0.29) is 16.8 Å². The van der Waals surface area contributed by atoms with E-state index in [2.05, 4.69) is 26.0 Å². The number of halogens is 1. The second kappa shape index (κ2) is 8.90. The van der Waals surface area contributed by atoms with Crippen molar-refractivity contribution in [3.05, 3.63) is 28.7 Å². The van der Waals surface area contributed by atoms with Gasteiger partial charge in [-0.2, -0.15) is 16.5 Å². The Balaban J connectivity index is 2.91. The van der Waals surface area contributed by atoms with Gasteiger partial charge in [0.2, 0.25) is 15.9 Å². The van der Waals surface area contributed by atoms with Crippen molar-refractivity contribution in [3.63, 3.8) is 0 Å². The molecule has 0 aliphatic carbocycles. The number of nitrogens with one attached hydrogen (secondary N) is 2. The highest BCUT2D eigenvalue weighted by Gasteiger charge is 2.25. The van der Waals surface area contributed by atoms with Crippen LogP contribution in [0.5, 0.6) is 0 Å². The summed E-state index contributed by atoms with van der Waals surface area (Å²) in [5.74, 6) is 0.392. The van der Waals surface area contributed by atoms with E-state index in [4.69, 9.17) is 0 Å². The first-order valence-corrected chi connectivity index (χ1v) is 10.5. The Hall–Kier alpha value is -0.570. The molecule has 1 amide bonds. The van der Waals surface area contributed by atoms with E-state index in [0.29, 0.717) is 12.2 Å². The molecule has 0 spiro atoms. The summed E-state index contributed by atoms with van der Waals surface area (Å²) in [6.07, 6.45) is 2.36. The van der Waals surface area contributed by atoms with Crippen LogP contribution in [0.25, 0.3) is 0 Å². The maximum absolute atomic E-state index is 12.4. The Kier molecular flexibility index (Phi) is 7.88. The van der Waals surface area contributed by atoms with E-state index in [1.165, 1.54) is 12.1 Å². The highest BCUT2D eigenvalue weighted by atomic mass is 79.9. The molecule has 0 aliphatic heterocycles. The number of benzene rings is 1. The fourth-order valence-corrected chi connectivity index (χ4v) is 3.70. The van der Waals surface area contributed by atoms with E-state index in [9.17, 15) is 13.2 Å². The van der Waals surface area contributed by atoms with E-state index in [1.54, 1.807) is 23.9 Å². The Labute approximate surface area is 144 Å². The van der Waals surface area contributed by atoms with Crippen molar-refractivity contribution in [1.82, 2.24) is 10.0 Å². The molecule has 1 aromatic carbocycles. The predicted octanol–water partition coefficient (Wildman–Crippen LogP) is 2.37. The minimum Gasteiger partial charge on any atom is -0.353 e. The van der Waals surface area contributed by atoms with E-state index < -0.39 is 16.1 Å². The normalized spacial score (nSPS) is 13.1. The number of hydrogen-bond donors (Lipinski definition) is 2. The maximum Gasteiger partial charge on any atom is 0.241 e. The topological polar surface area (TPSA) is 75.3 Å². The number of sulfonamides is 1. The van der Waals surface area contributed by atoms with Crippen LogP contribution in [-0.2, 0) is 14.8 Å². The molecule has 22 heavy (non-hydrogen) atoms. The second-order valence-corrected chi connectivity index (χ2v) is 8.69. The van der Waals surface area contributed by atoms with E-state index >= 15 is 0 Å². The highest BCUT2D eigenvalue weighted by molar-refractivity contribution is 9.10. The third-order valence-corrected chi connectivity index (χ3v) is 5.44. The lowest BCUT2D eigenvalue weighted by Gasteiger charge is -2.19. The third kappa shape index (κ3) is 6.28. The molecule has 0 bridgehead atoms. The number of thioether (sulfide) groups is 1. The quantitative estimate of drug-likeness (QED) is 0.692. The lowest BCUT2D eigenvalue weighted by molar-refractivity contribution is -0.123. The Morgan fingerprint density at radius 2 is 1.86 bits per heavy atom. The molecule has 1 atom stereocenters. The van der Waals surface area contributed by atoms with Gasteiger partial charge in [-0.05, 0) is 56.5 Å². The van der Waals surface area contributed by atoms with Crippen molar-refractivity contribution in [2.24, 2.45) is 0 Å². The molecule has 5 nitrogen and oxygen atoms in total. The fraction of sp³-hybridized carbons (Fsp3) is 0.500. The van der Waals surface area contributed by atoms with Gasteiger partial charge < -0.3 is 5.32 Å². The van der Waals surface area contributed by atoms with Crippen LogP contribution in [0.3, 0.4) is 0 Å². The van der Waals surface area contributed by atoms with Gasteiger partial charge in [-0.15, -0.1) is 0 Å². The SMILES string of the molecule is CSCCC(NS(=O)(=O)c1ccc(Br)cc1)C(=O)NC(C)C. The Bertz CT molecular complexity index is 589. The molecule has 0 aliphatic rings. The summed E-state index contributed by atoms with van der Waals surface area (Å²) >= 11 is 4.83. The summed E-state index contributed by atoms with van der Waals surface area (Å²) in [5.41, 5.74) is 0. The van der Waals surface area contributed by atoms with Gasteiger partial charge in [-0.1, -0.05) is 15.9 Å². The molecule has 8 heteroatoms. The van der Waals surface area contributed by atoms with Gasteiger partial charge in [0.25, 0.3) is 0 Å². The van der Waals surface area contributed by atoms with Gasteiger partial charge in [0.1, 0.15) is 6.04 Å². The largest absolute Gasteiger partial charge is 0.353 e. The molecule has 1 unspecified atom stereocenters. The minimum atomic E-state index is -3.73. The number of carbonyl (C=O) groups is 1. The van der Waals surface area contributed by atoms with Gasteiger partial charge >= 0.3 is 0 Å². The zero-order valence-electron chi connectivity index (χ0n) is 12.8. The summed E-state index contributed by atoms with van der Waals surface area (Å²) in [5, 5.41) is 2.75. The number of carbonyl (C=O) groups excluding carboxylic acids is 1. The van der Waals surface area contributed by atoms with Crippen LogP contribution in [0.1, 0.15) is 20.3 Å². The molecule has 0 saturated carbocycles. The fourth-order valence-electron chi connectivity index (χ4n) is 1.73. The summed E-state index contributed by atoms with van der Waals surface area (Å²) < 4.78 is 28.1. The van der Waals surface area contributed by atoms with Crippen molar-refractivity contribution < 1.29 is 13.2 Å². The lowest BCUT2D eigenvalue weighted by Crippen LogP contribution is -2.48. The molecular formula is C14H21BrN2O3S2. The highest BCUT2D eigenvalue weighted by Crippen LogP contribution is 2.15. The van der Waals surface area contributed by atoms with Gasteiger partial charge in [0.05, 0.1) is 4.90 Å². The van der Waals surface area contributed by atoms with Crippen molar-refractivity contribution in [2.45, 2.75) is 37.2 Å². The molecule has 0 heterocycles. The molecule has 1 aromatic rings. The van der Waals surface area contributed by atoms with Crippen molar-refractivity contribution in [3.8, 4) is 0 Å². The number of rotatable bonds is 8. The molecule has 0 radical (unpaired) electrons. The van der Waals surface area contributed by atoms with Gasteiger partial charge in [0, 0.05) is 10.5 Å². The zero-order chi connectivity index (χ0) is 16.8. The Morgan fingerprint density at radius 1 is 1.27 bits per heavy atom. The number of hydrogen-bond acceptors (Lipinski definition) is 4. The molecule has 1 rings (SSSR count). The summed E-state index contributed by atoms with van der Waals surface area (Å²) in [4.78, 5) is 12.3. The van der Waals surface area contributed by atoms with Crippen LogP contribution < -0.4 is 10.0 Å². The van der Waals surface area contributed by atoms with Gasteiger partial charge in [-0.25, -0.2) is 8.42 Å². The average molecular weight is 409 g/mol. The van der Waals surface area contributed by atoms with Crippen LogP contribution in [-0.4, -0.2) is 38.4 Å². The van der Waals surface area contributed by atoms with Crippen LogP contribution in [0.2, 0.25) is 0 Å². The second-order valence-electron chi connectivity index (χ2n) is 5.07. The molecule has 0 saturated heterocycles. The molecule has 0 aromatic heterocycles. The smallest absolute Gasteiger partial charge is 0.241 e. The summed E-state index contributed by atoms with van der Waals surface area (Å²) in [6, 6.07) is 5.49. The first-order chi connectivity index (χ1) is 10.3. The predicted molar refractivity (Wildman–Crippen MR) is 94.5 cm³/mol.